The Morgan fingerprint density at radius 1 is 1.17 bits per heavy atom. The second-order valence-electron chi connectivity index (χ2n) is 6.66. The van der Waals surface area contributed by atoms with E-state index in [0.29, 0.717) is 24.2 Å². The number of carbonyl (C=O) groups excluding carboxylic acids is 2. The maximum absolute atomic E-state index is 12.1. The van der Waals surface area contributed by atoms with Crippen LogP contribution < -0.4 is 4.74 Å². The molecule has 0 saturated heterocycles. The summed E-state index contributed by atoms with van der Waals surface area (Å²) < 4.78 is 15.3. The van der Waals surface area contributed by atoms with Gasteiger partial charge in [-0.25, -0.2) is 0 Å². The summed E-state index contributed by atoms with van der Waals surface area (Å²) >= 11 is 0. The average molecular weight is 402 g/mol. The predicted octanol–water partition coefficient (Wildman–Crippen LogP) is 3.34. The van der Waals surface area contributed by atoms with E-state index in [1.165, 1.54) is 32.4 Å². The van der Waals surface area contributed by atoms with Crippen molar-refractivity contribution in [3.63, 3.8) is 0 Å². The van der Waals surface area contributed by atoms with E-state index in [-0.39, 0.29) is 42.2 Å². The fourth-order valence-corrected chi connectivity index (χ4v) is 2.88. The minimum Gasteiger partial charge on any atom is -0.510 e. The SMILES string of the molecule is COCOC1CC(/C=C/C(=O)CC(=O)/C=C/c2ccc(O)c(OC)c2)CC=C1O. The van der Waals surface area contributed by atoms with Crippen molar-refractivity contribution in [2.45, 2.75) is 25.4 Å². The Morgan fingerprint density at radius 3 is 2.66 bits per heavy atom. The zero-order valence-corrected chi connectivity index (χ0v) is 16.5. The zero-order chi connectivity index (χ0) is 21.2. The molecule has 0 aliphatic heterocycles. The van der Waals surface area contributed by atoms with Gasteiger partial charge in [0.25, 0.3) is 0 Å². The Hall–Kier alpha value is -2.90. The number of hydrogen-bond acceptors (Lipinski definition) is 7. The third-order valence-corrected chi connectivity index (χ3v) is 4.43. The lowest BCUT2D eigenvalue weighted by atomic mass is 9.90. The van der Waals surface area contributed by atoms with Crippen LogP contribution in [0.2, 0.25) is 0 Å². The van der Waals surface area contributed by atoms with E-state index in [9.17, 15) is 19.8 Å². The van der Waals surface area contributed by atoms with E-state index in [4.69, 9.17) is 14.2 Å². The van der Waals surface area contributed by atoms with Crippen LogP contribution in [-0.4, -0.2) is 48.9 Å². The second kappa shape index (κ2) is 11.2. The Morgan fingerprint density at radius 2 is 1.93 bits per heavy atom. The fraction of sp³-hybridized carbons (Fsp3) is 0.364. The summed E-state index contributed by atoms with van der Waals surface area (Å²) in [6, 6.07) is 4.70. The summed E-state index contributed by atoms with van der Waals surface area (Å²) in [6.07, 6.45) is 8.15. The van der Waals surface area contributed by atoms with Crippen LogP contribution in [-0.2, 0) is 19.1 Å². The van der Waals surface area contributed by atoms with Crippen LogP contribution in [0.5, 0.6) is 11.5 Å². The Kier molecular flexibility index (Phi) is 8.64. The first-order chi connectivity index (χ1) is 13.9. The second-order valence-corrected chi connectivity index (χ2v) is 6.66. The molecular formula is C22H26O7. The number of rotatable bonds is 10. The van der Waals surface area contributed by atoms with Crippen molar-refractivity contribution in [2.24, 2.45) is 5.92 Å². The molecule has 0 bridgehead atoms. The molecule has 0 aromatic heterocycles. The van der Waals surface area contributed by atoms with Gasteiger partial charge in [0.05, 0.1) is 13.5 Å². The number of phenols is 1. The van der Waals surface area contributed by atoms with Gasteiger partial charge in [0.1, 0.15) is 18.7 Å². The van der Waals surface area contributed by atoms with E-state index >= 15 is 0 Å². The van der Waals surface area contributed by atoms with E-state index in [1.807, 2.05) is 0 Å². The monoisotopic (exact) mass is 402 g/mol. The molecule has 0 fully saturated rings. The molecule has 7 heteroatoms. The van der Waals surface area contributed by atoms with E-state index in [1.54, 1.807) is 30.4 Å². The molecule has 2 N–H and O–H groups in total. The third-order valence-electron chi connectivity index (χ3n) is 4.43. The van der Waals surface area contributed by atoms with Crippen molar-refractivity contribution in [3.8, 4) is 11.5 Å². The number of aromatic hydroxyl groups is 1. The van der Waals surface area contributed by atoms with Crippen molar-refractivity contribution >= 4 is 17.6 Å². The molecule has 1 aliphatic carbocycles. The van der Waals surface area contributed by atoms with Crippen LogP contribution in [0.25, 0.3) is 6.08 Å². The maximum atomic E-state index is 12.1. The average Bonchev–Trinajstić information content (AvgIpc) is 2.71. The molecule has 2 atom stereocenters. The Bertz CT molecular complexity index is 807. The first-order valence-corrected chi connectivity index (χ1v) is 9.21. The number of carbonyl (C=O) groups is 2. The summed E-state index contributed by atoms with van der Waals surface area (Å²) in [5.74, 6) is -0.0998. The Labute approximate surface area is 169 Å². The van der Waals surface area contributed by atoms with Crippen LogP contribution in [0.3, 0.4) is 0 Å². The number of ether oxygens (including phenoxy) is 3. The molecule has 1 aromatic rings. The summed E-state index contributed by atoms with van der Waals surface area (Å²) in [7, 11) is 2.94. The fourth-order valence-electron chi connectivity index (χ4n) is 2.88. The minimum absolute atomic E-state index is 0.0111. The summed E-state index contributed by atoms with van der Waals surface area (Å²) in [5.41, 5.74) is 0.673. The highest BCUT2D eigenvalue weighted by Gasteiger charge is 2.23. The molecule has 2 rings (SSSR count). The number of methoxy groups -OCH3 is 2. The maximum Gasteiger partial charge on any atom is 0.163 e. The van der Waals surface area contributed by atoms with Crippen LogP contribution in [0.1, 0.15) is 24.8 Å². The lowest BCUT2D eigenvalue weighted by molar-refractivity contribution is -0.121. The number of aliphatic hydroxyl groups is 1. The molecule has 0 radical (unpaired) electrons. The highest BCUT2D eigenvalue weighted by atomic mass is 16.7. The molecule has 2 unspecified atom stereocenters. The third kappa shape index (κ3) is 7.21. The van der Waals surface area contributed by atoms with Crippen molar-refractivity contribution in [1.82, 2.24) is 0 Å². The minimum atomic E-state index is -0.458. The number of aliphatic hydroxyl groups excluding tert-OH is 1. The molecule has 0 spiro atoms. The van der Waals surface area contributed by atoms with Crippen molar-refractivity contribution in [1.29, 1.82) is 0 Å². The van der Waals surface area contributed by atoms with Gasteiger partial charge in [0.2, 0.25) is 0 Å². The smallest absolute Gasteiger partial charge is 0.163 e. The lowest BCUT2D eigenvalue weighted by Crippen LogP contribution is -2.24. The standard InChI is InChI=1S/C22H26O7/c1-27-14-29-22-12-16(6-10-20(22)26)4-8-18(24)13-17(23)7-3-15-5-9-19(25)21(11-15)28-2/h3-5,7-11,16,22,25-26H,6,12-14H2,1-2H3/b7-3+,8-4+. The number of benzene rings is 1. The van der Waals surface area contributed by atoms with Gasteiger partial charge in [-0.05, 0) is 54.7 Å². The van der Waals surface area contributed by atoms with Gasteiger partial charge in [-0.3, -0.25) is 9.59 Å². The van der Waals surface area contributed by atoms with E-state index < -0.39 is 6.10 Å². The van der Waals surface area contributed by atoms with Crippen LogP contribution in [0.4, 0.5) is 0 Å². The molecule has 156 valence electrons. The largest absolute Gasteiger partial charge is 0.510 e. The first-order valence-electron chi connectivity index (χ1n) is 9.21. The number of ketones is 2. The van der Waals surface area contributed by atoms with Crippen LogP contribution >= 0.6 is 0 Å². The zero-order valence-electron chi connectivity index (χ0n) is 16.5. The molecule has 29 heavy (non-hydrogen) atoms. The van der Waals surface area contributed by atoms with Gasteiger partial charge in [-0.2, -0.15) is 0 Å². The van der Waals surface area contributed by atoms with E-state index in [2.05, 4.69) is 0 Å². The normalized spacial score (nSPS) is 19.4. The molecule has 1 aromatic carbocycles. The molecule has 0 amide bonds. The quantitative estimate of drug-likeness (QED) is 0.351. The Balaban J connectivity index is 1.86. The molecule has 7 nitrogen and oxygen atoms in total. The number of phenolic OH excluding ortho intramolecular Hbond substituents is 1. The van der Waals surface area contributed by atoms with Gasteiger partial charge >= 0.3 is 0 Å². The predicted molar refractivity (Wildman–Crippen MR) is 108 cm³/mol. The highest BCUT2D eigenvalue weighted by Crippen LogP contribution is 2.27. The molecule has 0 saturated carbocycles. The van der Waals surface area contributed by atoms with Crippen molar-refractivity contribution < 1.29 is 34.0 Å². The molecule has 1 aliphatic rings. The summed E-state index contributed by atoms with van der Waals surface area (Å²) in [4.78, 5) is 24.1. The summed E-state index contributed by atoms with van der Waals surface area (Å²) in [5, 5.41) is 19.4. The molecular weight excluding hydrogens is 376 g/mol. The van der Waals surface area contributed by atoms with Crippen LogP contribution in [0, 0.1) is 5.92 Å². The lowest BCUT2D eigenvalue weighted by Gasteiger charge is -2.25. The van der Waals surface area contributed by atoms with Gasteiger partial charge in [-0.15, -0.1) is 0 Å². The van der Waals surface area contributed by atoms with Gasteiger partial charge in [0, 0.05) is 7.11 Å². The highest BCUT2D eigenvalue weighted by molar-refractivity contribution is 6.09. The summed E-state index contributed by atoms with van der Waals surface area (Å²) in [6.45, 7) is 0.0751. The van der Waals surface area contributed by atoms with Crippen molar-refractivity contribution in [2.75, 3.05) is 21.0 Å². The molecule has 0 heterocycles. The number of hydrogen-bond donors (Lipinski definition) is 2. The topological polar surface area (TPSA) is 102 Å². The first kappa shape index (κ1) is 22.4. The van der Waals surface area contributed by atoms with Gasteiger partial charge in [0.15, 0.2) is 23.1 Å². The van der Waals surface area contributed by atoms with Gasteiger partial charge in [-0.1, -0.05) is 18.2 Å². The van der Waals surface area contributed by atoms with Crippen LogP contribution in [0.15, 0.2) is 48.3 Å². The van der Waals surface area contributed by atoms with E-state index in [0.717, 1.165) is 0 Å². The number of allylic oxidation sites excluding steroid dienone is 4. The van der Waals surface area contributed by atoms with Crippen molar-refractivity contribution in [3.05, 3.63) is 53.8 Å². The van der Waals surface area contributed by atoms with Gasteiger partial charge < -0.3 is 24.4 Å².